The second-order valence-electron chi connectivity index (χ2n) is 4.88. The molecule has 0 saturated carbocycles. The zero-order valence-corrected chi connectivity index (χ0v) is 12.2. The van der Waals surface area contributed by atoms with E-state index in [-0.39, 0.29) is 5.91 Å². The van der Waals surface area contributed by atoms with Crippen LogP contribution in [0.25, 0.3) is 11.0 Å². The Balaban J connectivity index is 1.75. The number of anilines is 1. The molecule has 5 heteroatoms. The van der Waals surface area contributed by atoms with Crippen molar-refractivity contribution in [3.63, 3.8) is 0 Å². The van der Waals surface area contributed by atoms with E-state index in [0.717, 1.165) is 22.4 Å². The lowest BCUT2D eigenvalue weighted by atomic mass is 10.1. The number of hydrogen-bond acceptors (Lipinski definition) is 2. The topological polar surface area (TPSA) is 57.8 Å². The number of nitrogens with zero attached hydrogens (tertiary/aromatic N) is 1. The minimum absolute atomic E-state index is 0.0984. The number of aromatic nitrogens is 2. The largest absolute Gasteiger partial charge is 0.342 e. The second kappa shape index (κ2) is 5.58. The highest BCUT2D eigenvalue weighted by Crippen LogP contribution is 2.21. The molecule has 3 aromatic rings. The molecular weight excluding hydrogens is 286 g/mol. The van der Waals surface area contributed by atoms with Gasteiger partial charge in [-0.25, -0.2) is 4.98 Å². The summed E-state index contributed by atoms with van der Waals surface area (Å²) in [6, 6.07) is 13.0. The lowest BCUT2D eigenvalue weighted by molar-refractivity contribution is -0.115. The first-order valence-electron chi connectivity index (χ1n) is 6.61. The van der Waals surface area contributed by atoms with Gasteiger partial charge in [0.05, 0.1) is 28.2 Å². The van der Waals surface area contributed by atoms with Crippen LogP contribution in [-0.4, -0.2) is 15.9 Å². The highest BCUT2D eigenvalue weighted by Gasteiger charge is 2.08. The van der Waals surface area contributed by atoms with Crippen LogP contribution in [0.15, 0.2) is 42.5 Å². The third-order valence-corrected chi connectivity index (χ3v) is 3.51. The molecule has 1 aromatic heterocycles. The van der Waals surface area contributed by atoms with Crippen LogP contribution in [0.2, 0.25) is 5.02 Å². The van der Waals surface area contributed by atoms with Crippen molar-refractivity contribution in [2.75, 3.05) is 5.32 Å². The van der Waals surface area contributed by atoms with Gasteiger partial charge in [-0.2, -0.15) is 0 Å². The summed E-state index contributed by atoms with van der Waals surface area (Å²) in [5.41, 5.74) is 3.40. The molecule has 0 bridgehead atoms. The van der Waals surface area contributed by atoms with Gasteiger partial charge in [0, 0.05) is 0 Å². The summed E-state index contributed by atoms with van der Waals surface area (Å²) >= 11 is 6.02. The maximum absolute atomic E-state index is 12.1. The fourth-order valence-electron chi connectivity index (χ4n) is 2.24. The van der Waals surface area contributed by atoms with Crippen LogP contribution in [0.3, 0.4) is 0 Å². The van der Waals surface area contributed by atoms with Gasteiger partial charge in [0.1, 0.15) is 5.82 Å². The van der Waals surface area contributed by atoms with Crippen LogP contribution in [0.4, 0.5) is 5.69 Å². The molecule has 0 aliphatic rings. The van der Waals surface area contributed by atoms with E-state index >= 15 is 0 Å². The molecule has 0 aliphatic heterocycles. The molecule has 3 rings (SSSR count). The number of imidazole rings is 1. The van der Waals surface area contributed by atoms with Gasteiger partial charge < -0.3 is 10.3 Å². The SMILES string of the molecule is Cc1nc2ccc(CC(=O)Nc3ccccc3Cl)cc2[nH]1. The normalized spacial score (nSPS) is 10.8. The number of aromatic amines is 1. The van der Waals surface area contributed by atoms with E-state index < -0.39 is 0 Å². The number of carbonyl (C=O) groups excluding carboxylic acids is 1. The fraction of sp³-hybridized carbons (Fsp3) is 0.125. The molecule has 4 nitrogen and oxygen atoms in total. The van der Waals surface area contributed by atoms with Crippen LogP contribution >= 0.6 is 11.6 Å². The van der Waals surface area contributed by atoms with Crippen LogP contribution < -0.4 is 5.32 Å². The molecule has 0 spiro atoms. The van der Waals surface area contributed by atoms with E-state index in [0.29, 0.717) is 17.1 Å². The quantitative estimate of drug-likeness (QED) is 0.774. The summed E-state index contributed by atoms with van der Waals surface area (Å²) in [5.74, 6) is 0.765. The lowest BCUT2D eigenvalue weighted by Crippen LogP contribution is -2.14. The van der Waals surface area contributed by atoms with Crippen LogP contribution in [-0.2, 0) is 11.2 Å². The molecule has 0 saturated heterocycles. The first-order valence-corrected chi connectivity index (χ1v) is 6.99. The number of rotatable bonds is 3. The fourth-order valence-corrected chi connectivity index (χ4v) is 2.42. The zero-order chi connectivity index (χ0) is 14.8. The van der Waals surface area contributed by atoms with Crippen molar-refractivity contribution in [2.45, 2.75) is 13.3 Å². The molecule has 1 heterocycles. The van der Waals surface area contributed by atoms with Crippen LogP contribution in [0.5, 0.6) is 0 Å². The Bertz CT molecular complexity index is 810. The van der Waals surface area contributed by atoms with E-state index in [2.05, 4.69) is 15.3 Å². The van der Waals surface area contributed by atoms with Crippen molar-refractivity contribution in [3.05, 3.63) is 58.9 Å². The molecule has 0 fully saturated rings. The minimum atomic E-state index is -0.0984. The number of fused-ring (bicyclic) bond motifs is 1. The van der Waals surface area contributed by atoms with Crippen molar-refractivity contribution < 1.29 is 4.79 Å². The molecular formula is C16H14ClN3O. The number of aryl methyl sites for hydroxylation is 1. The van der Waals surface area contributed by atoms with Gasteiger partial charge in [-0.1, -0.05) is 29.8 Å². The van der Waals surface area contributed by atoms with Crippen molar-refractivity contribution >= 4 is 34.2 Å². The Kier molecular flexibility index (Phi) is 3.62. The summed E-state index contributed by atoms with van der Waals surface area (Å²) in [4.78, 5) is 19.6. The highest BCUT2D eigenvalue weighted by atomic mass is 35.5. The van der Waals surface area contributed by atoms with Gasteiger partial charge >= 0.3 is 0 Å². The predicted molar refractivity (Wildman–Crippen MR) is 84.6 cm³/mol. The summed E-state index contributed by atoms with van der Waals surface area (Å²) in [7, 11) is 0. The van der Waals surface area contributed by atoms with Crippen molar-refractivity contribution in [3.8, 4) is 0 Å². The van der Waals surface area contributed by atoms with Crippen molar-refractivity contribution in [1.82, 2.24) is 9.97 Å². The van der Waals surface area contributed by atoms with Crippen LogP contribution in [0, 0.1) is 6.92 Å². The van der Waals surface area contributed by atoms with E-state index in [4.69, 9.17) is 11.6 Å². The average Bonchev–Trinajstić information content (AvgIpc) is 2.80. The van der Waals surface area contributed by atoms with Crippen molar-refractivity contribution in [1.29, 1.82) is 0 Å². The number of nitrogens with one attached hydrogen (secondary N) is 2. The molecule has 0 atom stereocenters. The first kappa shape index (κ1) is 13.6. The first-order chi connectivity index (χ1) is 10.1. The van der Waals surface area contributed by atoms with Gasteiger partial charge in [0.15, 0.2) is 0 Å². The molecule has 106 valence electrons. The molecule has 0 radical (unpaired) electrons. The molecule has 2 aromatic carbocycles. The number of amides is 1. The summed E-state index contributed by atoms with van der Waals surface area (Å²) in [5, 5.41) is 3.35. The third-order valence-electron chi connectivity index (χ3n) is 3.18. The summed E-state index contributed by atoms with van der Waals surface area (Å²) in [6.45, 7) is 1.91. The zero-order valence-electron chi connectivity index (χ0n) is 11.5. The molecule has 0 aliphatic carbocycles. The van der Waals surface area contributed by atoms with Gasteiger partial charge in [0.25, 0.3) is 0 Å². The van der Waals surface area contributed by atoms with Gasteiger partial charge in [-0.05, 0) is 36.8 Å². The number of carbonyl (C=O) groups is 1. The monoisotopic (exact) mass is 299 g/mol. The Morgan fingerprint density at radius 2 is 2.10 bits per heavy atom. The molecule has 2 N–H and O–H groups in total. The van der Waals surface area contributed by atoms with E-state index in [9.17, 15) is 4.79 Å². The molecule has 1 amide bonds. The maximum atomic E-state index is 12.1. The number of H-pyrrole nitrogens is 1. The van der Waals surface area contributed by atoms with Crippen LogP contribution in [0.1, 0.15) is 11.4 Å². The summed E-state index contributed by atoms with van der Waals surface area (Å²) in [6.07, 6.45) is 0.291. The molecule has 21 heavy (non-hydrogen) atoms. The second-order valence-corrected chi connectivity index (χ2v) is 5.29. The highest BCUT2D eigenvalue weighted by molar-refractivity contribution is 6.33. The van der Waals surface area contributed by atoms with Gasteiger partial charge in [-0.3, -0.25) is 4.79 Å². The van der Waals surface area contributed by atoms with Gasteiger partial charge in [0.2, 0.25) is 5.91 Å². The lowest BCUT2D eigenvalue weighted by Gasteiger charge is -2.07. The third kappa shape index (κ3) is 3.06. The van der Waals surface area contributed by atoms with Crippen molar-refractivity contribution in [2.24, 2.45) is 0 Å². The Morgan fingerprint density at radius 3 is 2.90 bits per heavy atom. The number of benzene rings is 2. The minimum Gasteiger partial charge on any atom is -0.342 e. The Hall–Kier alpha value is -2.33. The van der Waals surface area contributed by atoms with E-state index in [1.165, 1.54) is 0 Å². The number of halogens is 1. The number of para-hydroxylation sites is 1. The maximum Gasteiger partial charge on any atom is 0.228 e. The molecule has 0 unspecified atom stereocenters. The van der Waals surface area contributed by atoms with E-state index in [1.54, 1.807) is 12.1 Å². The Morgan fingerprint density at radius 1 is 1.29 bits per heavy atom. The predicted octanol–water partition coefficient (Wildman–Crippen LogP) is 3.71. The number of hydrogen-bond donors (Lipinski definition) is 2. The Labute approximate surface area is 127 Å². The van der Waals surface area contributed by atoms with Gasteiger partial charge in [-0.15, -0.1) is 0 Å². The smallest absolute Gasteiger partial charge is 0.228 e. The summed E-state index contributed by atoms with van der Waals surface area (Å²) < 4.78 is 0. The average molecular weight is 300 g/mol. The van der Waals surface area contributed by atoms with E-state index in [1.807, 2.05) is 37.3 Å². The standard InChI is InChI=1S/C16H14ClN3O/c1-10-18-14-7-6-11(8-15(14)19-10)9-16(21)20-13-5-3-2-4-12(13)17/h2-8H,9H2,1H3,(H,18,19)(H,20,21).